The molecule has 20 heavy (non-hydrogen) atoms. The Hall–Kier alpha value is -2.10. The van der Waals surface area contributed by atoms with Crippen molar-refractivity contribution in [1.29, 1.82) is 0 Å². The van der Waals surface area contributed by atoms with E-state index in [-0.39, 0.29) is 5.97 Å². The molecule has 2 rings (SSSR count). The Balaban J connectivity index is 2.25. The first kappa shape index (κ1) is 14.3. The average Bonchev–Trinajstić information content (AvgIpc) is 2.50. The zero-order valence-corrected chi connectivity index (χ0v) is 11.8. The summed E-state index contributed by atoms with van der Waals surface area (Å²) in [6.07, 6.45) is 3.75. The predicted molar refractivity (Wildman–Crippen MR) is 77.7 cm³/mol. The van der Waals surface area contributed by atoms with E-state index in [4.69, 9.17) is 9.47 Å². The van der Waals surface area contributed by atoms with Crippen LogP contribution in [0, 0.1) is 0 Å². The van der Waals surface area contributed by atoms with Crippen molar-refractivity contribution >= 4 is 16.9 Å². The van der Waals surface area contributed by atoms with E-state index in [1.54, 1.807) is 6.20 Å². The highest BCUT2D eigenvalue weighted by molar-refractivity contribution is 5.85. The third-order valence-electron chi connectivity index (χ3n) is 3.16. The van der Waals surface area contributed by atoms with Gasteiger partial charge >= 0.3 is 5.97 Å². The molecule has 0 bridgehead atoms. The number of fused-ring (bicyclic) bond motifs is 1. The highest BCUT2D eigenvalue weighted by Gasteiger charge is 2.21. The van der Waals surface area contributed by atoms with Crippen LogP contribution in [0.25, 0.3) is 10.9 Å². The number of methoxy groups -OCH3 is 1. The molecule has 0 spiro atoms. The second kappa shape index (κ2) is 6.89. The number of carbonyl (C=O) groups is 1. The SMILES string of the molecule is CCCCC(Oc1cccc2ncccc12)C(=O)OC. The molecular weight excluding hydrogens is 254 g/mol. The van der Waals surface area contributed by atoms with Crippen LogP contribution in [0.3, 0.4) is 0 Å². The largest absolute Gasteiger partial charge is 0.478 e. The molecule has 1 aromatic heterocycles. The standard InChI is InChI=1S/C16H19NO3/c1-3-4-9-15(16(18)19-2)20-14-10-5-8-13-12(14)7-6-11-17-13/h5-8,10-11,15H,3-4,9H2,1-2H3. The van der Waals surface area contributed by atoms with E-state index in [1.807, 2.05) is 30.3 Å². The number of aromatic nitrogens is 1. The number of nitrogens with zero attached hydrogens (tertiary/aromatic N) is 1. The topological polar surface area (TPSA) is 48.4 Å². The van der Waals surface area contributed by atoms with Crippen LogP contribution < -0.4 is 4.74 Å². The molecule has 0 aliphatic carbocycles. The van der Waals surface area contributed by atoms with E-state index in [1.165, 1.54) is 7.11 Å². The summed E-state index contributed by atoms with van der Waals surface area (Å²) in [5.41, 5.74) is 0.851. The molecule has 0 aliphatic rings. The van der Waals surface area contributed by atoms with Gasteiger partial charge in [0.2, 0.25) is 0 Å². The number of ether oxygens (including phenoxy) is 2. The van der Waals surface area contributed by atoms with Crippen molar-refractivity contribution in [2.24, 2.45) is 0 Å². The summed E-state index contributed by atoms with van der Waals surface area (Å²) in [4.78, 5) is 16.1. The van der Waals surface area contributed by atoms with Gasteiger partial charge in [0.15, 0.2) is 6.10 Å². The summed E-state index contributed by atoms with van der Waals surface area (Å²) in [7, 11) is 1.38. The van der Waals surface area contributed by atoms with Crippen molar-refractivity contribution in [3.63, 3.8) is 0 Å². The monoisotopic (exact) mass is 273 g/mol. The molecule has 4 heteroatoms. The number of unbranched alkanes of at least 4 members (excludes halogenated alkanes) is 1. The fraction of sp³-hybridized carbons (Fsp3) is 0.375. The summed E-state index contributed by atoms with van der Waals surface area (Å²) in [6, 6.07) is 9.44. The van der Waals surface area contributed by atoms with Crippen molar-refractivity contribution in [3.05, 3.63) is 36.5 Å². The van der Waals surface area contributed by atoms with Gasteiger partial charge in [0.25, 0.3) is 0 Å². The van der Waals surface area contributed by atoms with Gasteiger partial charge in [-0.05, 0) is 37.1 Å². The second-order valence-electron chi connectivity index (χ2n) is 4.60. The molecule has 0 fully saturated rings. The molecule has 0 saturated carbocycles. The third kappa shape index (κ3) is 3.26. The fourth-order valence-electron chi connectivity index (χ4n) is 2.08. The lowest BCUT2D eigenvalue weighted by atomic mass is 10.1. The maximum Gasteiger partial charge on any atom is 0.347 e. The molecule has 1 heterocycles. The van der Waals surface area contributed by atoms with Crippen LogP contribution in [0.15, 0.2) is 36.5 Å². The van der Waals surface area contributed by atoms with Crippen LogP contribution in [-0.2, 0) is 9.53 Å². The molecule has 0 radical (unpaired) electrons. The van der Waals surface area contributed by atoms with Crippen molar-refractivity contribution in [2.45, 2.75) is 32.3 Å². The number of esters is 1. The zero-order chi connectivity index (χ0) is 14.4. The molecule has 0 N–H and O–H groups in total. The molecule has 0 amide bonds. The van der Waals surface area contributed by atoms with Gasteiger partial charge in [-0.3, -0.25) is 4.98 Å². The van der Waals surface area contributed by atoms with Gasteiger partial charge in [-0.2, -0.15) is 0 Å². The first-order valence-corrected chi connectivity index (χ1v) is 6.84. The molecule has 2 aromatic rings. The lowest BCUT2D eigenvalue weighted by Crippen LogP contribution is -2.28. The van der Waals surface area contributed by atoms with Gasteiger partial charge in [-0.1, -0.05) is 19.4 Å². The van der Waals surface area contributed by atoms with E-state index in [9.17, 15) is 4.79 Å². The van der Waals surface area contributed by atoms with Gasteiger partial charge < -0.3 is 9.47 Å². The average molecular weight is 273 g/mol. The summed E-state index contributed by atoms with van der Waals surface area (Å²) >= 11 is 0. The first-order chi connectivity index (χ1) is 9.76. The number of benzene rings is 1. The summed E-state index contributed by atoms with van der Waals surface area (Å²) in [5.74, 6) is 0.335. The molecule has 4 nitrogen and oxygen atoms in total. The number of rotatable bonds is 6. The molecular formula is C16H19NO3. The summed E-state index contributed by atoms with van der Waals surface area (Å²) in [6.45, 7) is 2.08. The summed E-state index contributed by atoms with van der Waals surface area (Å²) in [5, 5.41) is 0.903. The molecule has 106 valence electrons. The van der Waals surface area contributed by atoms with Gasteiger partial charge in [-0.25, -0.2) is 4.79 Å². The summed E-state index contributed by atoms with van der Waals surface area (Å²) < 4.78 is 10.7. The number of carbonyl (C=O) groups excluding carboxylic acids is 1. The minimum absolute atomic E-state index is 0.334. The number of pyridine rings is 1. The molecule has 1 atom stereocenters. The maximum atomic E-state index is 11.8. The van der Waals surface area contributed by atoms with Crippen LogP contribution in [0.1, 0.15) is 26.2 Å². The van der Waals surface area contributed by atoms with E-state index >= 15 is 0 Å². The minimum Gasteiger partial charge on any atom is -0.478 e. The van der Waals surface area contributed by atoms with Crippen LogP contribution >= 0.6 is 0 Å². The van der Waals surface area contributed by atoms with Gasteiger partial charge in [0, 0.05) is 11.6 Å². The Morgan fingerprint density at radius 3 is 2.90 bits per heavy atom. The molecule has 0 saturated heterocycles. The molecule has 0 aliphatic heterocycles. The van der Waals surface area contributed by atoms with Gasteiger partial charge in [-0.15, -0.1) is 0 Å². The predicted octanol–water partition coefficient (Wildman–Crippen LogP) is 3.35. The van der Waals surface area contributed by atoms with Crippen LogP contribution in [-0.4, -0.2) is 24.2 Å². The highest BCUT2D eigenvalue weighted by Crippen LogP contribution is 2.25. The smallest absolute Gasteiger partial charge is 0.347 e. The minimum atomic E-state index is -0.564. The second-order valence-corrected chi connectivity index (χ2v) is 4.60. The first-order valence-electron chi connectivity index (χ1n) is 6.84. The third-order valence-corrected chi connectivity index (χ3v) is 3.16. The lowest BCUT2D eigenvalue weighted by Gasteiger charge is -2.17. The normalized spacial score (nSPS) is 12.1. The van der Waals surface area contributed by atoms with Crippen LogP contribution in [0.4, 0.5) is 0 Å². The molecule has 1 unspecified atom stereocenters. The van der Waals surface area contributed by atoms with E-state index in [0.717, 1.165) is 23.7 Å². The van der Waals surface area contributed by atoms with Gasteiger partial charge in [0.05, 0.1) is 12.6 Å². The van der Waals surface area contributed by atoms with Crippen molar-refractivity contribution in [2.75, 3.05) is 7.11 Å². The Morgan fingerprint density at radius 1 is 1.30 bits per heavy atom. The Labute approximate surface area is 118 Å². The Kier molecular flexibility index (Phi) is 4.93. The lowest BCUT2D eigenvalue weighted by molar-refractivity contribution is -0.149. The number of hydrogen-bond acceptors (Lipinski definition) is 4. The Bertz CT molecular complexity index is 577. The maximum absolute atomic E-state index is 11.8. The fourth-order valence-corrected chi connectivity index (χ4v) is 2.08. The zero-order valence-electron chi connectivity index (χ0n) is 11.8. The van der Waals surface area contributed by atoms with Crippen molar-refractivity contribution in [3.8, 4) is 5.75 Å². The van der Waals surface area contributed by atoms with E-state index in [0.29, 0.717) is 12.2 Å². The Morgan fingerprint density at radius 2 is 2.15 bits per heavy atom. The number of hydrogen-bond donors (Lipinski definition) is 0. The quantitative estimate of drug-likeness (QED) is 0.757. The van der Waals surface area contributed by atoms with Gasteiger partial charge in [0.1, 0.15) is 5.75 Å². The van der Waals surface area contributed by atoms with E-state index < -0.39 is 6.10 Å². The molecule has 1 aromatic carbocycles. The highest BCUT2D eigenvalue weighted by atomic mass is 16.6. The van der Waals surface area contributed by atoms with E-state index in [2.05, 4.69) is 11.9 Å². The van der Waals surface area contributed by atoms with Crippen LogP contribution in [0.5, 0.6) is 5.75 Å². The van der Waals surface area contributed by atoms with Crippen LogP contribution in [0.2, 0.25) is 0 Å². The van der Waals surface area contributed by atoms with Crippen molar-refractivity contribution < 1.29 is 14.3 Å². The van der Waals surface area contributed by atoms with Crippen molar-refractivity contribution in [1.82, 2.24) is 4.98 Å².